The van der Waals surface area contributed by atoms with E-state index in [0.29, 0.717) is 30.3 Å². The Hall–Kier alpha value is -0.530. The third-order valence-electron chi connectivity index (χ3n) is 3.00. The van der Waals surface area contributed by atoms with Gasteiger partial charge in [0.25, 0.3) is 0 Å². The minimum Gasteiger partial charge on any atom is -0.466 e. The highest BCUT2D eigenvalue weighted by atomic mass is 16.5. The predicted molar refractivity (Wildman–Crippen MR) is 77.5 cm³/mol. The quantitative estimate of drug-likeness (QED) is 0.582. The SMILES string of the molecule is CC(C)CCCC(=O)OCCC(C)CC(C)(C)C. The number of rotatable bonds is 8. The van der Waals surface area contributed by atoms with E-state index >= 15 is 0 Å². The Balaban J connectivity index is 3.56. The molecule has 0 aliphatic rings. The third kappa shape index (κ3) is 11.9. The molecule has 0 heterocycles. The van der Waals surface area contributed by atoms with Gasteiger partial charge in [0.1, 0.15) is 0 Å². The standard InChI is InChI=1S/C16H32O2/c1-13(2)8-7-9-15(17)18-11-10-14(3)12-16(4,5)6/h13-14H,7-12H2,1-6H3. The van der Waals surface area contributed by atoms with Gasteiger partial charge in [-0.3, -0.25) is 4.79 Å². The Kier molecular flexibility index (Phi) is 8.30. The van der Waals surface area contributed by atoms with E-state index in [1.54, 1.807) is 0 Å². The smallest absolute Gasteiger partial charge is 0.305 e. The molecule has 0 saturated heterocycles. The maximum absolute atomic E-state index is 11.5. The zero-order chi connectivity index (χ0) is 14.2. The molecule has 0 aromatic carbocycles. The maximum atomic E-state index is 11.5. The van der Waals surface area contributed by atoms with Crippen LogP contribution in [-0.2, 0) is 9.53 Å². The zero-order valence-corrected chi connectivity index (χ0v) is 13.2. The van der Waals surface area contributed by atoms with E-state index in [0.717, 1.165) is 19.3 Å². The normalized spacial score (nSPS) is 13.7. The summed E-state index contributed by atoms with van der Waals surface area (Å²) in [5.41, 5.74) is 0.362. The summed E-state index contributed by atoms with van der Waals surface area (Å²) in [6.07, 6.45) is 4.79. The molecule has 0 rings (SSSR count). The minimum absolute atomic E-state index is 0.0291. The highest BCUT2D eigenvalue weighted by molar-refractivity contribution is 5.69. The van der Waals surface area contributed by atoms with Crippen molar-refractivity contribution in [3.63, 3.8) is 0 Å². The van der Waals surface area contributed by atoms with Crippen molar-refractivity contribution in [2.75, 3.05) is 6.61 Å². The summed E-state index contributed by atoms with van der Waals surface area (Å²) < 4.78 is 5.27. The van der Waals surface area contributed by atoms with Gasteiger partial charge in [-0.05, 0) is 36.5 Å². The van der Waals surface area contributed by atoms with Gasteiger partial charge in [-0.25, -0.2) is 0 Å². The van der Waals surface area contributed by atoms with E-state index in [1.165, 1.54) is 6.42 Å². The zero-order valence-electron chi connectivity index (χ0n) is 13.2. The lowest BCUT2D eigenvalue weighted by Gasteiger charge is -2.23. The molecule has 1 atom stereocenters. The van der Waals surface area contributed by atoms with Crippen LogP contribution in [0.5, 0.6) is 0 Å². The van der Waals surface area contributed by atoms with Gasteiger partial charge in [0.15, 0.2) is 0 Å². The molecule has 2 nitrogen and oxygen atoms in total. The predicted octanol–water partition coefficient (Wildman–Crippen LogP) is 4.82. The highest BCUT2D eigenvalue weighted by Gasteiger charge is 2.15. The van der Waals surface area contributed by atoms with Gasteiger partial charge in [0.05, 0.1) is 6.61 Å². The van der Waals surface area contributed by atoms with Gasteiger partial charge in [-0.1, -0.05) is 48.0 Å². The van der Waals surface area contributed by atoms with E-state index in [9.17, 15) is 4.79 Å². The Labute approximate surface area is 113 Å². The molecule has 0 N–H and O–H groups in total. The molecule has 1 unspecified atom stereocenters. The van der Waals surface area contributed by atoms with E-state index in [1.807, 2.05) is 0 Å². The molecule has 0 aliphatic carbocycles. The van der Waals surface area contributed by atoms with E-state index < -0.39 is 0 Å². The fourth-order valence-corrected chi connectivity index (χ4v) is 2.25. The summed E-state index contributed by atoms with van der Waals surface area (Å²) in [6, 6.07) is 0. The largest absolute Gasteiger partial charge is 0.466 e. The first-order valence-corrected chi connectivity index (χ1v) is 7.36. The van der Waals surface area contributed by atoms with E-state index in [4.69, 9.17) is 4.74 Å². The number of carbonyl (C=O) groups is 1. The second-order valence-corrected chi connectivity index (χ2v) is 7.17. The topological polar surface area (TPSA) is 26.3 Å². The van der Waals surface area contributed by atoms with Gasteiger partial charge in [0, 0.05) is 6.42 Å². The summed E-state index contributed by atoms with van der Waals surface area (Å²) in [5, 5.41) is 0. The fourth-order valence-electron chi connectivity index (χ4n) is 2.25. The van der Waals surface area contributed by atoms with Crippen LogP contribution in [0.2, 0.25) is 0 Å². The van der Waals surface area contributed by atoms with Crippen LogP contribution in [0.3, 0.4) is 0 Å². The molecule has 18 heavy (non-hydrogen) atoms. The molecular weight excluding hydrogens is 224 g/mol. The first kappa shape index (κ1) is 17.5. The lowest BCUT2D eigenvalue weighted by molar-refractivity contribution is -0.144. The van der Waals surface area contributed by atoms with Crippen molar-refractivity contribution in [2.24, 2.45) is 17.3 Å². The molecule has 0 bridgehead atoms. The number of hydrogen-bond acceptors (Lipinski definition) is 2. The summed E-state index contributed by atoms with van der Waals surface area (Å²) in [4.78, 5) is 11.5. The molecule has 108 valence electrons. The molecule has 0 aromatic heterocycles. The second-order valence-electron chi connectivity index (χ2n) is 7.17. The first-order chi connectivity index (χ1) is 8.20. The highest BCUT2D eigenvalue weighted by Crippen LogP contribution is 2.25. The van der Waals surface area contributed by atoms with Gasteiger partial charge < -0.3 is 4.74 Å². The Bertz CT molecular complexity index is 226. The van der Waals surface area contributed by atoms with Crippen LogP contribution in [0, 0.1) is 17.3 Å². The monoisotopic (exact) mass is 256 g/mol. The van der Waals surface area contributed by atoms with Crippen LogP contribution in [0.25, 0.3) is 0 Å². The van der Waals surface area contributed by atoms with Crippen LogP contribution < -0.4 is 0 Å². The van der Waals surface area contributed by atoms with Crippen molar-refractivity contribution in [1.29, 1.82) is 0 Å². The Morgan fingerprint density at radius 3 is 2.22 bits per heavy atom. The molecule has 0 radical (unpaired) electrons. The van der Waals surface area contributed by atoms with Gasteiger partial charge >= 0.3 is 5.97 Å². The van der Waals surface area contributed by atoms with Crippen LogP contribution in [-0.4, -0.2) is 12.6 Å². The van der Waals surface area contributed by atoms with Crippen molar-refractivity contribution < 1.29 is 9.53 Å². The molecule has 0 aliphatic heterocycles. The summed E-state index contributed by atoms with van der Waals surface area (Å²) in [6.45, 7) is 13.9. The summed E-state index contributed by atoms with van der Waals surface area (Å²) in [7, 11) is 0. The van der Waals surface area contributed by atoms with Gasteiger partial charge in [-0.15, -0.1) is 0 Å². The first-order valence-electron chi connectivity index (χ1n) is 7.36. The number of ether oxygens (including phenoxy) is 1. The second kappa shape index (κ2) is 8.55. The molecule has 0 amide bonds. The van der Waals surface area contributed by atoms with Crippen molar-refractivity contribution in [2.45, 2.75) is 73.6 Å². The lowest BCUT2D eigenvalue weighted by atomic mass is 9.84. The van der Waals surface area contributed by atoms with Crippen LogP contribution in [0.15, 0.2) is 0 Å². The van der Waals surface area contributed by atoms with Crippen LogP contribution in [0.4, 0.5) is 0 Å². The van der Waals surface area contributed by atoms with Crippen LogP contribution in [0.1, 0.15) is 73.6 Å². The van der Waals surface area contributed by atoms with Crippen LogP contribution >= 0.6 is 0 Å². The van der Waals surface area contributed by atoms with E-state index in [-0.39, 0.29) is 5.97 Å². The van der Waals surface area contributed by atoms with Crippen molar-refractivity contribution >= 4 is 5.97 Å². The molecule has 0 spiro atoms. The Morgan fingerprint density at radius 1 is 1.11 bits per heavy atom. The maximum Gasteiger partial charge on any atom is 0.305 e. The average Bonchev–Trinajstić information content (AvgIpc) is 2.13. The number of carbonyl (C=O) groups excluding carboxylic acids is 1. The minimum atomic E-state index is -0.0291. The van der Waals surface area contributed by atoms with Crippen molar-refractivity contribution in [3.8, 4) is 0 Å². The number of hydrogen-bond donors (Lipinski definition) is 0. The van der Waals surface area contributed by atoms with Gasteiger partial charge in [-0.2, -0.15) is 0 Å². The summed E-state index contributed by atoms with van der Waals surface area (Å²) in [5.74, 6) is 1.26. The molecule has 0 saturated carbocycles. The van der Waals surface area contributed by atoms with Crippen molar-refractivity contribution in [3.05, 3.63) is 0 Å². The molecular formula is C16H32O2. The average molecular weight is 256 g/mol. The third-order valence-corrected chi connectivity index (χ3v) is 3.00. The molecule has 2 heteroatoms. The van der Waals surface area contributed by atoms with Crippen molar-refractivity contribution in [1.82, 2.24) is 0 Å². The van der Waals surface area contributed by atoms with Gasteiger partial charge in [0.2, 0.25) is 0 Å². The lowest BCUT2D eigenvalue weighted by Crippen LogP contribution is -2.14. The number of esters is 1. The Morgan fingerprint density at radius 2 is 1.72 bits per heavy atom. The fraction of sp³-hybridized carbons (Fsp3) is 0.938. The van der Waals surface area contributed by atoms with E-state index in [2.05, 4.69) is 41.5 Å². The molecule has 0 aromatic rings. The summed E-state index contributed by atoms with van der Waals surface area (Å²) >= 11 is 0. The molecule has 0 fully saturated rings.